The van der Waals surface area contributed by atoms with Crippen LogP contribution in [0.3, 0.4) is 0 Å². The van der Waals surface area contributed by atoms with E-state index in [1.54, 1.807) is 18.3 Å². The zero-order chi connectivity index (χ0) is 23.5. The fourth-order valence-corrected chi connectivity index (χ4v) is 5.11. The summed E-state index contributed by atoms with van der Waals surface area (Å²) >= 11 is 1.57. The van der Waals surface area contributed by atoms with Crippen molar-refractivity contribution in [3.63, 3.8) is 0 Å². The van der Waals surface area contributed by atoms with E-state index in [2.05, 4.69) is 20.1 Å². The summed E-state index contributed by atoms with van der Waals surface area (Å²) in [4.78, 5) is 41.4. The summed E-state index contributed by atoms with van der Waals surface area (Å²) in [5.74, 6) is -0.689. The summed E-state index contributed by atoms with van der Waals surface area (Å²) in [6.45, 7) is 7.29. The van der Waals surface area contributed by atoms with Gasteiger partial charge >= 0.3 is 5.97 Å². The van der Waals surface area contributed by atoms with Crippen LogP contribution >= 0.6 is 11.3 Å². The Morgan fingerprint density at radius 2 is 1.94 bits per heavy atom. The van der Waals surface area contributed by atoms with Crippen LogP contribution in [0, 0.1) is 19.3 Å². The number of anilines is 1. The summed E-state index contributed by atoms with van der Waals surface area (Å²) < 4.78 is 5.60. The molecular formula is C20H27N5O6S. The van der Waals surface area contributed by atoms with Crippen molar-refractivity contribution < 1.29 is 29.0 Å². The number of carbonyl (C=O) groups is 3. The van der Waals surface area contributed by atoms with E-state index in [1.807, 2.05) is 13.8 Å². The number of carboxylic acids is 1. The van der Waals surface area contributed by atoms with Crippen molar-refractivity contribution in [3.8, 4) is 0 Å². The molecule has 1 amide bonds. The first kappa shape index (κ1) is 23.6. The number of hydrogen-bond acceptors (Lipinski definition) is 9. The Kier molecular flexibility index (Phi) is 7.12. The molecule has 4 heterocycles. The predicted octanol–water partition coefficient (Wildman–Crippen LogP) is 1.99. The van der Waals surface area contributed by atoms with Gasteiger partial charge in [0.2, 0.25) is 10.9 Å². The standard InChI is InChI=1S/C19H25N5O4S.CH2O2/c1-4-14-20-11(2)15(28-14)16(25)24-10-19(9-13(24)17(26)27)5-7-23(8-6-19)18-22-21-12(3)29-18;2-1-3/h13H,4-10H2,1-3H3,(H,26,27);1H,(H,2,3). The van der Waals surface area contributed by atoms with Crippen LogP contribution in [0.15, 0.2) is 4.42 Å². The van der Waals surface area contributed by atoms with E-state index in [9.17, 15) is 14.7 Å². The molecule has 2 aliphatic rings. The molecular weight excluding hydrogens is 438 g/mol. The minimum absolute atomic E-state index is 0.159. The summed E-state index contributed by atoms with van der Waals surface area (Å²) in [7, 11) is 0. The lowest BCUT2D eigenvalue weighted by Crippen LogP contribution is -2.43. The molecule has 2 fully saturated rings. The minimum atomic E-state index is -0.967. The second kappa shape index (κ2) is 9.63. The molecule has 2 saturated heterocycles. The highest BCUT2D eigenvalue weighted by Crippen LogP contribution is 2.45. The second-order valence-corrected chi connectivity index (χ2v) is 9.22. The summed E-state index contributed by atoms with van der Waals surface area (Å²) in [5, 5.41) is 26.8. The number of aryl methyl sites for hydroxylation is 3. The molecule has 2 aromatic heterocycles. The van der Waals surface area contributed by atoms with E-state index in [0.29, 0.717) is 31.0 Å². The van der Waals surface area contributed by atoms with Crippen LogP contribution in [-0.2, 0) is 16.0 Å². The zero-order valence-electron chi connectivity index (χ0n) is 18.3. The number of carbonyl (C=O) groups excluding carboxylic acids is 1. The number of aliphatic carboxylic acids is 1. The molecule has 11 nitrogen and oxygen atoms in total. The molecule has 1 unspecified atom stereocenters. The van der Waals surface area contributed by atoms with Crippen LogP contribution in [0.25, 0.3) is 0 Å². The average molecular weight is 466 g/mol. The van der Waals surface area contributed by atoms with Gasteiger partial charge in [-0.3, -0.25) is 9.59 Å². The molecule has 1 spiro atoms. The highest BCUT2D eigenvalue weighted by molar-refractivity contribution is 7.15. The van der Waals surface area contributed by atoms with Crippen LogP contribution < -0.4 is 4.90 Å². The number of amides is 1. The van der Waals surface area contributed by atoms with Crippen molar-refractivity contribution in [1.29, 1.82) is 0 Å². The van der Waals surface area contributed by atoms with Gasteiger partial charge in [0, 0.05) is 26.1 Å². The van der Waals surface area contributed by atoms with Crippen molar-refractivity contribution in [2.45, 2.75) is 52.5 Å². The van der Waals surface area contributed by atoms with E-state index < -0.39 is 12.0 Å². The molecule has 2 aliphatic heterocycles. The van der Waals surface area contributed by atoms with E-state index >= 15 is 0 Å². The van der Waals surface area contributed by atoms with Crippen molar-refractivity contribution >= 4 is 34.8 Å². The molecule has 0 radical (unpaired) electrons. The third-order valence-electron chi connectivity index (χ3n) is 6.00. The van der Waals surface area contributed by atoms with E-state index in [-0.39, 0.29) is 23.6 Å². The molecule has 32 heavy (non-hydrogen) atoms. The Bertz CT molecular complexity index is 981. The monoisotopic (exact) mass is 465 g/mol. The number of rotatable bonds is 4. The molecule has 2 aromatic rings. The van der Waals surface area contributed by atoms with Gasteiger partial charge in [-0.15, -0.1) is 10.2 Å². The maximum atomic E-state index is 13.1. The number of likely N-dealkylation sites (tertiary alicyclic amines) is 1. The van der Waals surface area contributed by atoms with Crippen LogP contribution in [0.2, 0.25) is 0 Å². The predicted molar refractivity (Wildman–Crippen MR) is 115 cm³/mol. The molecule has 174 valence electrons. The first-order valence-electron chi connectivity index (χ1n) is 10.4. The molecule has 0 aliphatic carbocycles. The fourth-order valence-electron chi connectivity index (χ4n) is 4.37. The van der Waals surface area contributed by atoms with Gasteiger partial charge < -0.3 is 24.4 Å². The van der Waals surface area contributed by atoms with E-state index in [4.69, 9.17) is 14.3 Å². The number of nitrogens with zero attached hydrogens (tertiary/aromatic N) is 5. The lowest BCUT2D eigenvalue weighted by molar-refractivity contribution is -0.141. The molecule has 12 heteroatoms. The Hall–Kier alpha value is -3.02. The topological polar surface area (TPSA) is 150 Å². The van der Waals surface area contributed by atoms with Crippen molar-refractivity contribution in [3.05, 3.63) is 22.4 Å². The largest absolute Gasteiger partial charge is 0.483 e. The Labute approximate surface area is 189 Å². The third-order valence-corrected chi connectivity index (χ3v) is 6.90. The van der Waals surface area contributed by atoms with Crippen molar-refractivity contribution in [2.24, 2.45) is 5.41 Å². The molecule has 1 atom stereocenters. The van der Waals surface area contributed by atoms with Crippen LogP contribution in [0.4, 0.5) is 5.13 Å². The number of carboxylic acid groups (broad SMARTS) is 2. The van der Waals surface area contributed by atoms with Crippen molar-refractivity contribution in [1.82, 2.24) is 20.1 Å². The number of hydrogen-bond donors (Lipinski definition) is 2. The van der Waals surface area contributed by atoms with E-state index in [1.165, 1.54) is 4.90 Å². The number of aromatic nitrogens is 3. The van der Waals surface area contributed by atoms with Gasteiger partial charge in [-0.05, 0) is 38.5 Å². The van der Waals surface area contributed by atoms with Gasteiger partial charge in [0.1, 0.15) is 11.0 Å². The Balaban J connectivity index is 0.000000913. The van der Waals surface area contributed by atoms with Gasteiger partial charge in [0.15, 0.2) is 5.89 Å². The molecule has 4 rings (SSSR count). The van der Waals surface area contributed by atoms with Gasteiger partial charge in [-0.2, -0.15) is 0 Å². The number of piperidine rings is 1. The molecule has 0 aromatic carbocycles. The lowest BCUT2D eigenvalue weighted by Gasteiger charge is -2.38. The SMILES string of the molecule is CCc1nc(C)c(C(=O)N2CC3(CCN(c4nnc(C)s4)CC3)CC2C(=O)O)o1.O=CO. The van der Waals surface area contributed by atoms with Crippen LogP contribution in [0.5, 0.6) is 0 Å². The first-order valence-corrected chi connectivity index (χ1v) is 11.2. The highest BCUT2D eigenvalue weighted by atomic mass is 32.1. The minimum Gasteiger partial charge on any atom is -0.483 e. The van der Waals surface area contributed by atoms with Gasteiger partial charge in [-0.25, -0.2) is 9.78 Å². The molecule has 0 bridgehead atoms. The summed E-state index contributed by atoms with van der Waals surface area (Å²) in [6, 6.07) is -0.840. The van der Waals surface area contributed by atoms with Gasteiger partial charge in [-0.1, -0.05) is 18.3 Å². The van der Waals surface area contributed by atoms with Gasteiger partial charge in [0.25, 0.3) is 12.4 Å². The fraction of sp³-hybridized carbons (Fsp3) is 0.600. The maximum absolute atomic E-state index is 13.1. The number of oxazole rings is 1. The molecule has 2 N–H and O–H groups in total. The Morgan fingerprint density at radius 3 is 2.44 bits per heavy atom. The summed E-state index contributed by atoms with van der Waals surface area (Å²) in [6.07, 6.45) is 2.68. The molecule has 0 saturated carbocycles. The summed E-state index contributed by atoms with van der Waals surface area (Å²) in [5.41, 5.74) is 0.314. The zero-order valence-corrected chi connectivity index (χ0v) is 19.1. The quantitative estimate of drug-likeness (QED) is 0.642. The van der Waals surface area contributed by atoms with E-state index in [0.717, 1.165) is 36.1 Å². The maximum Gasteiger partial charge on any atom is 0.326 e. The normalized spacial score (nSPS) is 19.5. The lowest BCUT2D eigenvalue weighted by atomic mass is 9.76. The first-order chi connectivity index (χ1) is 15.2. The second-order valence-electron chi connectivity index (χ2n) is 8.06. The third kappa shape index (κ3) is 4.74. The van der Waals surface area contributed by atoms with Crippen LogP contribution in [0.1, 0.15) is 53.3 Å². The van der Waals surface area contributed by atoms with Crippen molar-refractivity contribution in [2.75, 3.05) is 24.5 Å². The Morgan fingerprint density at radius 1 is 1.28 bits per heavy atom. The van der Waals surface area contributed by atoms with Crippen LogP contribution in [-0.4, -0.2) is 74.3 Å². The van der Waals surface area contributed by atoms with Gasteiger partial charge in [0.05, 0.1) is 5.69 Å². The smallest absolute Gasteiger partial charge is 0.326 e. The average Bonchev–Trinajstić information content (AvgIpc) is 3.46. The highest BCUT2D eigenvalue weighted by Gasteiger charge is 2.50.